The molecule has 2 rings (SSSR count). The zero-order valence-electron chi connectivity index (χ0n) is 12.4. The van der Waals surface area contributed by atoms with Crippen molar-refractivity contribution < 1.29 is 4.74 Å². The van der Waals surface area contributed by atoms with Gasteiger partial charge in [0.15, 0.2) is 5.96 Å². The lowest BCUT2D eigenvalue weighted by atomic mass is 10.4. The van der Waals surface area contributed by atoms with E-state index in [0.717, 1.165) is 44.7 Å². The summed E-state index contributed by atoms with van der Waals surface area (Å²) in [4.78, 5) is 7.22. The van der Waals surface area contributed by atoms with Crippen LogP contribution in [0.15, 0.2) is 17.1 Å². The minimum atomic E-state index is 0.733. The van der Waals surface area contributed by atoms with E-state index in [9.17, 15) is 0 Å². The highest BCUT2D eigenvalue weighted by Gasteiger charge is 2.20. The molecule has 0 bridgehead atoms. The van der Waals surface area contributed by atoms with Crippen molar-refractivity contribution in [3.8, 4) is 0 Å². The van der Waals surface area contributed by atoms with E-state index in [-0.39, 0.29) is 0 Å². The molecule has 0 aromatic carbocycles. The molecular weight excluding hydrogens is 270 g/mol. The third kappa shape index (κ3) is 5.92. The molecule has 0 saturated heterocycles. The fourth-order valence-corrected chi connectivity index (χ4v) is 2.66. The summed E-state index contributed by atoms with van der Waals surface area (Å²) >= 11 is 1.80. The summed E-state index contributed by atoms with van der Waals surface area (Å²) in [7, 11) is 0. The van der Waals surface area contributed by atoms with Crippen LogP contribution in [0.1, 0.15) is 29.5 Å². The van der Waals surface area contributed by atoms with Crippen molar-refractivity contribution in [3.05, 3.63) is 21.9 Å². The van der Waals surface area contributed by atoms with E-state index in [1.165, 1.54) is 22.6 Å². The minimum Gasteiger partial charge on any atom is -0.379 e. The number of guanidine groups is 1. The molecule has 4 nitrogen and oxygen atoms in total. The van der Waals surface area contributed by atoms with E-state index in [2.05, 4.69) is 41.6 Å². The summed E-state index contributed by atoms with van der Waals surface area (Å²) in [6, 6.07) is 4.29. The van der Waals surface area contributed by atoms with E-state index in [1.54, 1.807) is 11.3 Å². The molecule has 1 aliphatic rings. The Bertz CT molecular complexity index is 427. The maximum atomic E-state index is 5.61. The standard InChI is InChI=1S/C15H25N3OS/c1-3-16-15(17-8-9-19-11-13-5-6-13)18-10-14-7-4-12(2)20-14/h4,7,13H,3,5-6,8-11H2,1-2H3,(H2,16,17,18). The predicted molar refractivity (Wildman–Crippen MR) is 85.4 cm³/mol. The Hall–Kier alpha value is -1.07. The van der Waals surface area contributed by atoms with E-state index in [4.69, 9.17) is 4.74 Å². The smallest absolute Gasteiger partial charge is 0.191 e. The lowest BCUT2D eigenvalue weighted by Gasteiger charge is -2.11. The fourth-order valence-electron chi connectivity index (χ4n) is 1.84. The van der Waals surface area contributed by atoms with Crippen LogP contribution in [0.3, 0.4) is 0 Å². The molecule has 0 amide bonds. The van der Waals surface area contributed by atoms with Gasteiger partial charge in [0.1, 0.15) is 0 Å². The average molecular weight is 295 g/mol. The maximum absolute atomic E-state index is 5.61. The minimum absolute atomic E-state index is 0.733. The Morgan fingerprint density at radius 1 is 1.40 bits per heavy atom. The molecule has 1 saturated carbocycles. The molecular formula is C15H25N3OS. The van der Waals surface area contributed by atoms with Crippen LogP contribution in [-0.2, 0) is 11.3 Å². The van der Waals surface area contributed by atoms with Crippen molar-refractivity contribution in [2.24, 2.45) is 10.9 Å². The second kappa shape index (κ2) is 8.27. The normalized spacial score (nSPS) is 15.4. The number of aryl methyl sites for hydroxylation is 1. The van der Waals surface area contributed by atoms with E-state index >= 15 is 0 Å². The van der Waals surface area contributed by atoms with E-state index < -0.39 is 0 Å². The quantitative estimate of drug-likeness (QED) is 0.440. The first-order valence-corrected chi connectivity index (χ1v) is 8.25. The molecule has 1 heterocycles. The molecule has 0 radical (unpaired) electrons. The van der Waals surface area contributed by atoms with Crippen LogP contribution in [0.2, 0.25) is 0 Å². The van der Waals surface area contributed by atoms with Crippen molar-refractivity contribution in [1.82, 2.24) is 10.6 Å². The van der Waals surface area contributed by atoms with Gasteiger partial charge in [0.05, 0.1) is 13.2 Å². The highest BCUT2D eigenvalue weighted by Crippen LogP contribution is 2.28. The van der Waals surface area contributed by atoms with Crippen molar-refractivity contribution in [3.63, 3.8) is 0 Å². The molecule has 1 aromatic rings. The van der Waals surface area contributed by atoms with Gasteiger partial charge in [0.2, 0.25) is 0 Å². The third-order valence-electron chi connectivity index (χ3n) is 3.12. The van der Waals surface area contributed by atoms with E-state index in [0.29, 0.717) is 0 Å². The van der Waals surface area contributed by atoms with Crippen LogP contribution >= 0.6 is 11.3 Å². The summed E-state index contributed by atoms with van der Waals surface area (Å²) in [5, 5.41) is 6.57. The number of thiophene rings is 1. The number of nitrogens with one attached hydrogen (secondary N) is 2. The first-order chi connectivity index (χ1) is 9.78. The van der Waals surface area contributed by atoms with E-state index in [1.807, 2.05) is 0 Å². The molecule has 1 aliphatic carbocycles. The SMILES string of the molecule is CCNC(=NCc1ccc(C)s1)NCCOCC1CC1. The van der Waals surface area contributed by atoms with Crippen LogP contribution in [0, 0.1) is 12.8 Å². The highest BCUT2D eigenvalue weighted by atomic mass is 32.1. The van der Waals surface area contributed by atoms with Crippen molar-refractivity contribution in [2.45, 2.75) is 33.2 Å². The molecule has 0 unspecified atom stereocenters. The topological polar surface area (TPSA) is 45.7 Å². The number of hydrogen-bond acceptors (Lipinski definition) is 3. The number of hydrogen-bond donors (Lipinski definition) is 2. The Labute approximate surface area is 125 Å². The summed E-state index contributed by atoms with van der Waals surface area (Å²) in [5.41, 5.74) is 0. The Morgan fingerprint density at radius 3 is 2.90 bits per heavy atom. The number of ether oxygens (including phenoxy) is 1. The van der Waals surface area contributed by atoms with Crippen LogP contribution in [0.5, 0.6) is 0 Å². The molecule has 1 fully saturated rings. The largest absolute Gasteiger partial charge is 0.379 e. The van der Waals surface area contributed by atoms with Gasteiger partial charge in [0, 0.05) is 29.5 Å². The fraction of sp³-hybridized carbons (Fsp3) is 0.667. The lowest BCUT2D eigenvalue weighted by molar-refractivity contribution is 0.129. The molecule has 5 heteroatoms. The first kappa shape index (κ1) is 15.3. The van der Waals surface area contributed by atoms with Gasteiger partial charge in [-0.15, -0.1) is 11.3 Å². The predicted octanol–water partition coefficient (Wildman–Crippen LogP) is 2.54. The number of rotatable bonds is 8. The summed E-state index contributed by atoms with van der Waals surface area (Å²) < 4.78 is 5.61. The molecule has 20 heavy (non-hydrogen) atoms. The zero-order chi connectivity index (χ0) is 14.2. The van der Waals surface area contributed by atoms with Crippen LogP contribution in [-0.4, -0.2) is 32.3 Å². The van der Waals surface area contributed by atoms with Gasteiger partial charge in [-0.05, 0) is 44.7 Å². The van der Waals surface area contributed by atoms with Gasteiger partial charge in [-0.25, -0.2) is 4.99 Å². The summed E-state index contributed by atoms with van der Waals surface area (Å²) in [6.45, 7) is 8.29. The van der Waals surface area contributed by atoms with Gasteiger partial charge in [-0.3, -0.25) is 0 Å². The first-order valence-electron chi connectivity index (χ1n) is 7.43. The Balaban J connectivity index is 1.67. The molecule has 0 aliphatic heterocycles. The van der Waals surface area contributed by atoms with Crippen molar-refractivity contribution in [2.75, 3.05) is 26.3 Å². The molecule has 112 valence electrons. The Morgan fingerprint density at radius 2 is 2.25 bits per heavy atom. The third-order valence-corrected chi connectivity index (χ3v) is 4.11. The molecule has 1 aromatic heterocycles. The lowest BCUT2D eigenvalue weighted by Crippen LogP contribution is -2.39. The molecule has 0 atom stereocenters. The van der Waals surface area contributed by atoms with Gasteiger partial charge in [-0.1, -0.05) is 0 Å². The average Bonchev–Trinajstić information content (AvgIpc) is 3.17. The van der Waals surface area contributed by atoms with Crippen molar-refractivity contribution >= 4 is 17.3 Å². The number of aliphatic imine (C=N–C) groups is 1. The maximum Gasteiger partial charge on any atom is 0.191 e. The van der Waals surface area contributed by atoms with Gasteiger partial charge in [0.25, 0.3) is 0 Å². The summed E-state index contributed by atoms with van der Waals surface area (Å²) in [5.74, 6) is 1.70. The Kier molecular flexibility index (Phi) is 6.33. The second-order valence-corrected chi connectivity index (χ2v) is 6.53. The molecule has 0 spiro atoms. The van der Waals surface area contributed by atoms with Crippen molar-refractivity contribution in [1.29, 1.82) is 0 Å². The monoisotopic (exact) mass is 295 g/mol. The van der Waals surface area contributed by atoms with Crippen LogP contribution in [0.4, 0.5) is 0 Å². The van der Waals surface area contributed by atoms with Gasteiger partial charge >= 0.3 is 0 Å². The highest BCUT2D eigenvalue weighted by molar-refractivity contribution is 7.11. The van der Waals surface area contributed by atoms with Crippen LogP contribution in [0.25, 0.3) is 0 Å². The van der Waals surface area contributed by atoms with Crippen LogP contribution < -0.4 is 10.6 Å². The molecule has 2 N–H and O–H groups in total. The zero-order valence-corrected chi connectivity index (χ0v) is 13.3. The number of nitrogens with zero attached hydrogens (tertiary/aromatic N) is 1. The summed E-state index contributed by atoms with van der Waals surface area (Å²) in [6.07, 6.45) is 2.69. The van der Waals surface area contributed by atoms with Gasteiger partial charge < -0.3 is 15.4 Å². The second-order valence-electron chi connectivity index (χ2n) is 5.15. The van der Waals surface area contributed by atoms with Gasteiger partial charge in [-0.2, -0.15) is 0 Å².